The van der Waals surface area contributed by atoms with E-state index in [9.17, 15) is 19.3 Å². The number of benzene rings is 1. The number of anilines is 1. The van der Waals surface area contributed by atoms with Crippen LogP contribution in [0, 0.1) is 15.9 Å². The highest BCUT2D eigenvalue weighted by atomic mass is 35.5. The van der Waals surface area contributed by atoms with E-state index < -0.39 is 22.3 Å². The fourth-order valence-electron chi connectivity index (χ4n) is 1.50. The first-order chi connectivity index (χ1) is 9.45. The average Bonchev–Trinajstić information content (AvgIpc) is 2.37. The van der Waals surface area contributed by atoms with Crippen molar-refractivity contribution in [1.82, 2.24) is 4.98 Å². The smallest absolute Gasteiger partial charge is 0.274 e. The van der Waals surface area contributed by atoms with Gasteiger partial charge >= 0.3 is 0 Å². The number of carbonyl (C=O) groups excluding carboxylic acids is 1. The number of hydrogen-bond donors (Lipinski definition) is 1. The number of pyridine rings is 1. The van der Waals surface area contributed by atoms with E-state index in [4.69, 9.17) is 11.6 Å². The maximum Gasteiger partial charge on any atom is 0.274 e. The first-order valence-electron chi connectivity index (χ1n) is 5.33. The Bertz CT molecular complexity index is 693. The second-order valence-corrected chi connectivity index (χ2v) is 4.16. The SMILES string of the molecule is O=C(Nc1cc(F)cc([N+](=O)[O-])c1)c1ccnc(Cl)c1. The number of nitro groups is 1. The van der Waals surface area contributed by atoms with E-state index in [2.05, 4.69) is 10.3 Å². The Balaban J connectivity index is 2.26. The molecule has 2 rings (SSSR count). The molecule has 0 spiro atoms. The number of carbonyl (C=O) groups is 1. The van der Waals surface area contributed by atoms with Crippen LogP contribution < -0.4 is 5.32 Å². The molecule has 0 fully saturated rings. The summed E-state index contributed by atoms with van der Waals surface area (Å²) in [5, 5.41) is 13.1. The topological polar surface area (TPSA) is 85.1 Å². The fraction of sp³-hybridized carbons (Fsp3) is 0. The normalized spacial score (nSPS) is 10.1. The van der Waals surface area contributed by atoms with Crippen molar-refractivity contribution in [2.75, 3.05) is 5.32 Å². The largest absolute Gasteiger partial charge is 0.322 e. The van der Waals surface area contributed by atoms with Gasteiger partial charge in [0.25, 0.3) is 11.6 Å². The monoisotopic (exact) mass is 295 g/mol. The van der Waals surface area contributed by atoms with Gasteiger partial charge in [0.15, 0.2) is 0 Å². The third-order valence-corrected chi connectivity index (χ3v) is 2.55. The van der Waals surface area contributed by atoms with Crippen molar-refractivity contribution in [2.24, 2.45) is 0 Å². The van der Waals surface area contributed by atoms with Crippen LogP contribution in [0.25, 0.3) is 0 Å². The van der Waals surface area contributed by atoms with Gasteiger partial charge in [0.1, 0.15) is 11.0 Å². The predicted octanol–water partition coefficient (Wildman–Crippen LogP) is 3.03. The van der Waals surface area contributed by atoms with E-state index in [1.165, 1.54) is 18.3 Å². The lowest BCUT2D eigenvalue weighted by molar-refractivity contribution is -0.385. The summed E-state index contributed by atoms with van der Waals surface area (Å²) in [5.41, 5.74) is -0.264. The number of halogens is 2. The molecule has 0 aliphatic rings. The Morgan fingerprint density at radius 2 is 2.10 bits per heavy atom. The van der Waals surface area contributed by atoms with Crippen molar-refractivity contribution in [2.45, 2.75) is 0 Å². The highest BCUT2D eigenvalue weighted by Gasteiger charge is 2.13. The number of nitro benzene ring substituents is 1. The van der Waals surface area contributed by atoms with Crippen LogP contribution in [0.1, 0.15) is 10.4 Å². The molecule has 0 unspecified atom stereocenters. The van der Waals surface area contributed by atoms with Crippen LogP contribution in [-0.2, 0) is 0 Å². The van der Waals surface area contributed by atoms with Gasteiger partial charge in [-0.25, -0.2) is 9.37 Å². The molecule has 8 heteroatoms. The quantitative estimate of drug-likeness (QED) is 0.536. The first-order valence-corrected chi connectivity index (χ1v) is 5.71. The molecule has 0 bridgehead atoms. The van der Waals surface area contributed by atoms with E-state index in [0.29, 0.717) is 0 Å². The zero-order chi connectivity index (χ0) is 14.7. The summed E-state index contributed by atoms with van der Waals surface area (Å²) in [7, 11) is 0. The molecule has 102 valence electrons. The number of nitrogens with one attached hydrogen (secondary N) is 1. The third-order valence-electron chi connectivity index (χ3n) is 2.34. The highest BCUT2D eigenvalue weighted by Crippen LogP contribution is 2.20. The number of hydrogen-bond acceptors (Lipinski definition) is 4. The Labute approximate surface area is 117 Å². The summed E-state index contributed by atoms with van der Waals surface area (Å²) in [6.45, 7) is 0. The molecule has 0 aliphatic carbocycles. The number of amides is 1. The molecule has 0 radical (unpaired) electrons. The van der Waals surface area contributed by atoms with Gasteiger partial charge in [-0.3, -0.25) is 14.9 Å². The van der Waals surface area contributed by atoms with E-state index in [-0.39, 0.29) is 16.4 Å². The molecular formula is C12H7ClFN3O3. The van der Waals surface area contributed by atoms with Gasteiger partial charge in [-0.05, 0) is 18.2 Å². The van der Waals surface area contributed by atoms with E-state index >= 15 is 0 Å². The molecule has 1 aromatic carbocycles. The van der Waals surface area contributed by atoms with Crippen molar-refractivity contribution in [3.8, 4) is 0 Å². The van der Waals surface area contributed by atoms with Gasteiger partial charge in [-0.15, -0.1) is 0 Å². The molecule has 1 amide bonds. The van der Waals surface area contributed by atoms with Crippen LogP contribution in [0.3, 0.4) is 0 Å². The van der Waals surface area contributed by atoms with E-state index in [0.717, 1.165) is 18.2 Å². The van der Waals surface area contributed by atoms with E-state index in [1.807, 2.05) is 0 Å². The van der Waals surface area contributed by atoms with Crippen LogP contribution in [-0.4, -0.2) is 15.8 Å². The fourth-order valence-corrected chi connectivity index (χ4v) is 1.67. The Hall–Kier alpha value is -2.54. The molecule has 2 aromatic rings. The first kappa shape index (κ1) is 13.9. The van der Waals surface area contributed by atoms with Gasteiger partial charge in [0, 0.05) is 17.8 Å². The van der Waals surface area contributed by atoms with Gasteiger partial charge < -0.3 is 5.32 Å². The molecule has 0 atom stereocenters. The number of nitrogens with zero attached hydrogens (tertiary/aromatic N) is 2. The molecule has 0 aliphatic heterocycles. The van der Waals surface area contributed by atoms with Crippen molar-refractivity contribution in [1.29, 1.82) is 0 Å². The summed E-state index contributed by atoms with van der Waals surface area (Å²) in [5.74, 6) is -1.39. The van der Waals surface area contributed by atoms with Gasteiger partial charge in [-0.1, -0.05) is 11.6 Å². The van der Waals surface area contributed by atoms with E-state index in [1.54, 1.807) is 0 Å². The highest BCUT2D eigenvalue weighted by molar-refractivity contribution is 6.29. The minimum absolute atomic E-state index is 0.0189. The second-order valence-electron chi connectivity index (χ2n) is 3.78. The minimum atomic E-state index is -0.817. The number of aromatic nitrogens is 1. The number of rotatable bonds is 3. The van der Waals surface area contributed by atoms with Crippen LogP contribution in [0.4, 0.5) is 15.8 Å². The van der Waals surface area contributed by atoms with Crippen LogP contribution in [0.2, 0.25) is 5.15 Å². The molecule has 0 saturated carbocycles. The zero-order valence-electron chi connectivity index (χ0n) is 9.84. The van der Waals surface area contributed by atoms with Crippen molar-refractivity contribution in [3.63, 3.8) is 0 Å². The Morgan fingerprint density at radius 3 is 2.75 bits per heavy atom. The standard InChI is InChI=1S/C12H7ClFN3O3/c13-11-3-7(1-2-15-11)12(18)16-9-4-8(14)5-10(6-9)17(19)20/h1-6H,(H,16,18). The third kappa shape index (κ3) is 3.27. The summed E-state index contributed by atoms with van der Waals surface area (Å²) in [4.78, 5) is 25.4. The van der Waals surface area contributed by atoms with Crippen LogP contribution in [0.5, 0.6) is 0 Å². The van der Waals surface area contributed by atoms with Crippen molar-refractivity contribution < 1.29 is 14.1 Å². The van der Waals surface area contributed by atoms with Gasteiger partial charge in [0.2, 0.25) is 0 Å². The lowest BCUT2D eigenvalue weighted by Gasteiger charge is -2.05. The molecular weight excluding hydrogens is 289 g/mol. The molecule has 1 heterocycles. The maximum atomic E-state index is 13.2. The molecule has 1 N–H and O–H groups in total. The summed E-state index contributed by atoms with van der Waals surface area (Å²) >= 11 is 5.64. The summed E-state index contributed by atoms with van der Waals surface area (Å²) in [6.07, 6.45) is 1.34. The van der Waals surface area contributed by atoms with Gasteiger partial charge in [0.05, 0.1) is 16.7 Å². The summed E-state index contributed by atoms with van der Waals surface area (Å²) < 4.78 is 13.2. The predicted molar refractivity (Wildman–Crippen MR) is 70.3 cm³/mol. The minimum Gasteiger partial charge on any atom is -0.322 e. The molecule has 6 nitrogen and oxygen atoms in total. The van der Waals surface area contributed by atoms with Crippen LogP contribution >= 0.6 is 11.6 Å². The average molecular weight is 296 g/mol. The lowest BCUT2D eigenvalue weighted by Crippen LogP contribution is -2.12. The van der Waals surface area contributed by atoms with Gasteiger partial charge in [-0.2, -0.15) is 0 Å². The lowest BCUT2D eigenvalue weighted by atomic mass is 10.2. The number of non-ortho nitro benzene ring substituents is 1. The summed E-state index contributed by atoms with van der Waals surface area (Å²) in [6, 6.07) is 5.54. The maximum absolute atomic E-state index is 13.2. The van der Waals surface area contributed by atoms with Crippen molar-refractivity contribution in [3.05, 3.63) is 63.2 Å². The molecule has 20 heavy (non-hydrogen) atoms. The molecule has 0 saturated heterocycles. The molecule has 1 aromatic heterocycles. The Kier molecular flexibility index (Phi) is 3.90. The Morgan fingerprint density at radius 1 is 1.35 bits per heavy atom. The second kappa shape index (κ2) is 5.62. The van der Waals surface area contributed by atoms with Crippen LogP contribution in [0.15, 0.2) is 36.5 Å². The van der Waals surface area contributed by atoms with Crippen molar-refractivity contribution >= 4 is 28.9 Å². The zero-order valence-corrected chi connectivity index (χ0v) is 10.6.